The predicted octanol–water partition coefficient (Wildman–Crippen LogP) is -0.627. The Bertz CT molecular complexity index is 138. The smallest absolute Gasteiger partial charge is 0.336 e. The summed E-state index contributed by atoms with van der Waals surface area (Å²) in [5.41, 5.74) is 0. The maximum absolute atomic E-state index is 10.4. The Labute approximate surface area is 53.0 Å². The van der Waals surface area contributed by atoms with Gasteiger partial charge in [0.25, 0.3) is 0 Å². The molecule has 0 aromatic heterocycles. The first-order valence-electron chi connectivity index (χ1n) is 2.44. The number of nitrogens with two attached hydrogens (primary N) is 1. The van der Waals surface area contributed by atoms with E-state index < -0.39 is 6.03 Å². The van der Waals surface area contributed by atoms with Crippen LogP contribution in [0.15, 0.2) is 0 Å². The van der Waals surface area contributed by atoms with Crippen LogP contribution in [0, 0.1) is 11.5 Å². The molecule has 0 fully saturated rings. The van der Waals surface area contributed by atoms with E-state index in [1.165, 1.54) is 6.19 Å². The Morgan fingerprint density at radius 1 is 2.00 bits per heavy atom. The zero-order valence-electron chi connectivity index (χ0n) is 5.09. The monoisotopic (exact) mass is 128 g/mol. The molecule has 0 spiro atoms. The van der Waals surface area contributed by atoms with Gasteiger partial charge in [-0.15, -0.1) is 0 Å². The van der Waals surface area contributed by atoms with E-state index in [4.69, 9.17) is 11.1 Å². The molecule has 0 bridgehead atoms. The van der Waals surface area contributed by atoms with Crippen LogP contribution in [0.1, 0.15) is 6.92 Å². The molecule has 0 rings (SSSR count). The molecule has 0 aliphatic heterocycles. The number of nitriles is 1. The van der Waals surface area contributed by atoms with E-state index in [0.717, 1.165) is 0 Å². The summed E-state index contributed by atoms with van der Waals surface area (Å²) in [5.74, 6) is 4.86. The summed E-state index contributed by atoms with van der Waals surface area (Å²) in [4.78, 5) is 10.4. The van der Waals surface area contributed by atoms with Crippen LogP contribution >= 0.6 is 0 Å². The predicted molar refractivity (Wildman–Crippen MR) is 30.7 cm³/mol. The number of carbonyl (C=O) groups is 1. The van der Waals surface area contributed by atoms with Crippen molar-refractivity contribution in [3.63, 3.8) is 0 Å². The second-order valence-corrected chi connectivity index (χ2v) is 1.31. The number of amides is 2. The van der Waals surface area contributed by atoms with Crippen molar-refractivity contribution in [2.24, 2.45) is 5.84 Å². The van der Waals surface area contributed by atoms with Crippen LogP contribution in [0.25, 0.3) is 0 Å². The molecule has 0 unspecified atom stereocenters. The van der Waals surface area contributed by atoms with Crippen molar-refractivity contribution in [3.05, 3.63) is 0 Å². The third-order valence-corrected chi connectivity index (χ3v) is 0.655. The molecule has 0 saturated heterocycles. The molecule has 5 nitrogen and oxygen atoms in total. The molecule has 5 heteroatoms. The fourth-order valence-electron chi connectivity index (χ4n) is 0.282. The Kier molecular flexibility index (Phi) is 3.16. The first-order valence-corrected chi connectivity index (χ1v) is 2.44. The Hall–Kier alpha value is -1.28. The first-order chi connectivity index (χ1) is 4.22. The van der Waals surface area contributed by atoms with E-state index in [1.54, 1.807) is 6.92 Å². The lowest BCUT2D eigenvalue weighted by Crippen LogP contribution is -2.40. The van der Waals surface area contributed by atoms with Crippen LogP contribution in [0.2, 0.25) is 0 Å². The Morgan fingerprint density at radius 2 is 2.56 bits per heavy atom. The van der Waals surface area contributed by atoms with E-state index in [-0.39, 0.29) is 0 Å². The summed E-state index contributed by atoms with van der Waals surface area (Å²) in [7, 11) is 0. The number of hydrogen-bond acceptors (Lipinski definition) is 3. The zero-order valence-corrected chi connectivity index (χ0v) is 5.09. The topological polar surface area (TPSA) is 82.2 Å². The lowest BCUT2D eigenvalue weighted by atomic mass is 10.7. The Morgan fingerprint density at radius 3 is 2.89 bits per heavy atom. The largest absolute Gasteiger partial charge is 0.345 e. The number of hydrazine groups is 1. The quantitative estimate of drug-likeness (QED) is 0.162. The van der Waals surface area contributed by atoms with Crippen LogP contribution in [0.5, 0.6) is 0 Å². The summed E-state index contributed by atoms with van der Waals surface area (Å²) in [6.45, 7) is 2.21. The molecule has 0 atom stereocenters. The van der Waals surface area contributed by atoms with Crippen molar-refractivity contribution < 1.29 is 4.79 Å². The van der Waals surface area contributed by atoms with E-state index in [1.807, 2.05) is 0 Å². The molecule has 0 aromatic carbocycles. The van der Waals surface area contributed by atoms with Gasteiger partial charge in [0.2, 0.25) is 6.19 Å². The highest BCUT2D eigenvalue weighted by atomic mass is 16.2. The van der Waals surface area contributed by atoms with Gasteiger partial charge in [0.15, 0.2) is 0 Å². The van der Waals surface area contributed by atoms with E-state index in [2.05, 4.69) is 5.32 Å². The van der Waals surface area contributed by atoms with Gasteiger partial charge in [0.05, 0.1) is 0 Å². The highest BCUT2D eigenvalue weighted by Crippen LogP contribution is 1.72. The van der Waals surface area contributed by atoms with Gasteiger partial charge in [-0.2, -0.15) is 10.3 Å². The molecule has 0 aliphatic carbocycles. The fourth-order valence-corrected chi connectivity index (χ4v) is 0.282. The van der Waals surface area contributed by atoms with E-state index >= 15 is 0 Å². The molecule has 3 N–H and O–H groups in total. The van der Waals surface area contributed by atoms with Crippen molar-refractivity contribution >= 4 is 6.03 Å². The SMILES string of the molecule is CCNC(=O)N(N)C#N. The minimum absolute atomic E-state index is 0.434. The van der Waals surface area contributed by atoms with Gasteiger partial charge < -0.3 is 5.32 Å². The standard InChI is InChI=1S/C4H8N4O/c1-2-7-4(9)8(6)3-5/h2,6H2,1H3,(H,7,9). The molecular weight excluding hydrogens is 120 g/mol. The van der Waals surface area contributed by atoms with Gasteiger partial charge in [-0.3, -0.25) is 0 Å². The van der Waals surface area contributed by atoms with Gasteiger partial charge in [-0.05, 0) is 6.92 Å². The molecule has 50 valence electrons. The molecule has 9 heavy (non-hydrogen) atoms. The van der Waals surface area contributed by atoms with E-state index in [0.29, 0.717) is 11.6 Å². The van der Waals surface area contributed by atoms with Crippen LogP contribution in [0.3, 0.4) is 0 Å². The summed E-state index contributed by atoms with van der Waals surface area (Å²) in [5, 5.41) is 10.8. The molecule has 0 heterocycles. The highest BCUT2D eigenvalue weighted by molar-refractivity contribution is 5.74. The number of carbonyl (C=O) groups excluding carboxylic acids is 1. The van der Waals surface area contributed by atoms with E-state index in [9.17, 15) is 4.79 Å². The second kappa shape index (κ2) is 3.69. The maximum atomic E-state index is 10.4. The first kappa shape index (κ1) is 7.72. The third kappa shape index (κ3) is 2.51. The van der Waals surface area contributed by atoms with Gasteiger partial charge >= 0.3 is 6.03 Å². The lowest BCUT2D eigenvalue weighted by Gasteiger charge is -2.04. The summed E-state index contributed by atoms with van der Waals surface area (Å²) in [6, 6.07) is -0.583. The minimum atomic E-state index is -0.583. The molecule has 0 aromatic rings. The second-order valence-electron chi connectivity index (χ2n) is 1.31. The van der Waals surface area contributed by atoms with Crippen LogP contribution in [0.4, 0.5) is 4.79 Å². The Balaban J connectivity index is 3.63. The number of hydrogen-bond donors (Lipinski definition) is 2. The number of nitrogens with one attached hydrogen (secondary N) is 1. The van der Waals surface area contributed by atoms with Crippen molar-refractivity contribution in [1.29, 1.82) is 5.26 Å². The summed E-state index contributed by atoms with van der Waals surface area (Å²) >= 11 is 0. The average molecular weight is 128 g/mol. The van der Waals surface area contributed by atoms with Gasteiger partial charge in [0, 0.05) is 6.54 Å². The number of nitrogens with zero attached hydrogens (tertiary/aromatic N) is 2. The highest BCUT2D eigenvalue weighted by Gasteiger charge is 2.03. The molecule has 0 radical (unpaired) electrons. The zero-order chi connectivity index (χ0) is 7.28. The minimum Gasteiger partial charge on any atom is -0.336 e. The normalized spacial score (nSPS) is 7.67. The van der Waals surface area contributed by atoms with Gasteiger partial charge in [0.1, 0.15) is 0 Å². The van der Waals surface area contributed by atoms with Crippen molar-refractivity contribution in [1.82, 2.24) is 10.3 Å². The van der Waals surface area contributed by atoms with Crippen LogP contribution in [-0.2, 0) is 0 Å². The average Bonchev–Trinajstić information content (AvgIpc) is 1.87. The van der Waals surface area contributed by atoms with Crippen LogP contribution in [-0.4, -0.2) is 17.6 Å². The molecule has 0 saturated carbocycles. The number of urea groups is 1. The van der Waals surface area contributed by atoms with Crippen molar-refractivity contribution in [2.75, 3.05) is 6.54 Å². The van der Waals surface area contributed by atoms with Crippen LogP contribution < -0.4 is 11.2 Å². The lowest BCUT2D eigenvalue weighted by molar-refractivity contribution is 0.219. The maximum Gasteiger partial charge on any atom is 0.345 e. The molecule has 0 aliphatic rings. The summed E-state index contributed by atoms with van der Waals surface area (Å²) in [6.07, 6.45) is 1.45. The van der Waals surface area contributed by atoms with Crippen molar-refractivity contribution in [3.8, 4) is 6.19 Å². The van der Waals surface area contributed by atoms with Gasteiger partial charge in [-0.1, -0.05) is 0 Å². The fraction of sp³-hybridized carbons (Fsp3) is 0.500. The number of rotatable bonds is 1. The van der Waals surface area contributed by atoms with Gasteiger partial charge in [-0.25, -0.2) is 10.6 Å². The summed E-state index contributed by atoms with van der Waals surface area (Å²) < 4.78 is 0. The third-order valence-electron chi connectivity index (χ3n) is 0.655. The molecular formula is C4H8N4O. The van der Waals surface area contributed by atoms with Crippen molar-refractivity contribution in [2.45, 2.75) is 6.92 Å². The molecule has 2 amide bonds.